The minimum Gasteiger partial charge on any atom is -0.496 e. The summed E-state index contributed by atoms with van der Waals surface area (Å²) in [7, 11) is 1.50. The van der Waals surface area contributed by atoms with Crippen LogP contribution in [0, 0.1) is 0 Å². The first kappa shape index (κ1) is 16.9. The van der Waals surface area contributed by atoms with E-state index >= 15 is 0 Å². The van der Waals surface area contributed by atoms with Crippen molar-refractivity contribution in [3.63, 3.8) is 0 Å². The van der Waals surface area contributed by atoms with Crippen molar-refractivity contribution in [2.75, 3.05) is 52.1 Å². The van der Waals surface area contributed by atoms with Gasteiger partial charge < -0.3 is 26.0 Å². The van der Waals surface area contributed by atoms with E-state index in [0.717, 1.165) is 39.1 Å². The van der Waals surface area contributed by atoms with E-state index < -0.39 is 0 Å². The molecule has 0 atom stereocenters. The average molecular weight is 327 g/mol. The number of hydrogen-bond acceptors (Lipinski definition) is 5. The van der Waals surface area contributed by atoms with E-state index in [1.165, 1.54) is 7.11 Å². The Balaban J connectivity index is 1.83. The zero-order valence-corrected chi connectivity index (χ0v) is 13.6. The number of hydrogen-bond donors (Lipinski definition) is 3. The Morgan fingerprint density at radius 2 is 2.18 bits per heavy atom. The van der Waals surface area contributed by atoms with Gasteiger partial charge in [-0.3, -0.25) is 4.79 Å². The van der Waals surface area contributed by atoms with Crippen LogP contribution in [0.1, 0.15) is 16.8 Å². The minimum absolute atomic E-state index is 0.195. The molecule has 7 heteroatoms. The van der Waals surface area contributed by atoms with Crippen LogP contribution < -0.4 is 21.1 Å². The molecule has 1 aliphatic heterocycles. The maximum atomic E-state index is 12.2. The summed E-state index contributed by atoms with van der Waals surface area (Å²) in [5.41, 5.74) is 6.52. The quantitative estimate of drug-likeness (QED) is 0.536. The molecule has 0 radical (unpaired) electrons. The summed E-state index contributed by atoms with van der Waals surface area (Å²) in [4.78, 5) is 14.6. The van der Waals surface area contributed by atoms with Gasteiger partial charge in [-0.05, 0) is 19.0 Å². The summed E-state index contributed by atoms with van der Waals surface area (Å²) >= 11 is 5.98. The molecular formula is C15H23ClN4O2. The minimum atomic E-state index is -0.195. The fourth-order valence-electron chi connectivity index (χ4n) is 2.45. The van der Waals surface area contributed by atoms with Crippen LogP contribution in [0.25, 0.3) is 0 Å². The number of nitrogen functional groups attached to an aromatic ring is 1. The van der Waals surface area contributed by atoms with E-state index in [4.69, 9.17) is 22.1 Å². The van der Waals surface area contributed by atoms with Crippen molar-refractivity contribution >= 4 is 23.2 Å². The normalized spacial score (nSPS) is 15.5. The molecule has 1 aromatic rings. The Kier molecular flexibility index (Phi) is 6.30. The number of halogens is 1. The van der Waals surface area contributed by atoms with Gasteiger partial charge in [0, 0.05) is 38.8 Å². The first-order valence-electron chi connectivity index (χ1n) is 7.46. The van der Waals surface area contributed by atoms with Crippen LogP contribution in [0.3, 0.4) is 0 Å². The van der Waals surface area contributed by atoms with E-state index in [9.17, 15) is 4.79 Å². The first-order valence-corrected chi connectivity index (χ1v) is 7.84. The molecule has 4 N–H and O–H groups in total. The van der Waals surface area contributed by atoms with E-state index in [-0.39, 0.29) is 5.91 Å². The summed E-state index contributed by atoms with van der Waals surface area (Å²) in [6, 6.07) is 3.11. The maximum Gasteiger partial charge on any atom is 0.255 e. The molecule has 0 spiro atoms. The highest BCUT2D eigenvalue weighted by molar-refractivity contribution is 6.33. The second kappa shape index (κ2) is 8.22. The van der Waals surface area contributed by atoms with Crippen molar-refractivity contribution in [1.29, 1.82) is 0 Å². The van der Waals surface area contributed by atoms with Gasteiger partial charge in [-0.15, -0.1) is 0 Å². The maximum absolute atomic E-state index is 12.2. The largest absolute Gasteiger partial charge is 0.496 e. The number of nitrogens with two attached hydrogens (primary N) is 1. The molecule has 0 bridgehead atoms. The SMILES string of the molecule is COc1cc(N)c(Cl)cc1C(=O)NCCCN1CCNCC1. The number of methoxy groups -OCH3 is 1. The number of piperazine rings is 1. The monoisotopic (exact) mass is 326 g/mol. The zero-order valence-electron chi connectivity index (χ0n) is 12.8. The third-order valence-corrected chi connectivity index (χ3v) is 4.04. The molecule has 0 unspecified atom stereocenters. The lowest BCUT2D eigenvalue weighted by Crippen LogP contribution is -2.44. The molecule has 1 aromatic carbocycles. The van der Waals surface area contributed by atoms with Gasteiger partial charge in [0.25, 0.3) is 5.91 Å². The summed E-state index contributed by atoms with van der Waals surface area (Å²) in [6.07, 6.45) is 0.913. The van der Waals surface area contributed by atoms with E-state index in [1.807, 2.05) is 0 Å². The molecule has 1 amide bonds. The molecule has 1 saturated heterocycles. The number of carbonyl (C=O) groups is 1. The van der Waals surface area contributed by atoms with Gasteiger partial charge in [0.1, 0.15) is 5.75 Å². The van der Waals surface area contributed by atoms with Gasteiger partial charge >= 0.3 is 0 Å². The van der Waals surface area contributed by atoms with E-state index in [2.05, 4.69) is 15.5 Å². The number of carbonyl (C=O) groups excluding carboxylic acids is 1. The fraction of sp³-hybridized carbons (Fsp3) is 0.533. The third kappa shape index (κ3) is 4.50. The summed E-state index contributed by atoms with van der Waals surface area (Å²) in [5.74, 6) is 0.237. The lowest BCUT2D eigenvalue weighted by molar-refractivity contribution is 0.0948. The number of anilines is 1. The molecule has 0 saturated carbocycles. The van der Waals surface area contributed by atoms with Crippen LogP contribution in [-0.2, 0) is 0 Å². The lowest BCUT2D eigenvalue weighted by atomic mass is 10.1. The number of benzene rings is 1. The molecule has 6 nitrogen and oxygen atoms in total. The van der Waals surface area contributed by atoms with Gasteiger partial charge in [-0.2, -0.15) is 0 Å². The van der Waals surface area contributed by atoms with Crippen LogP contribution >= 0.6 is 11.6 Å². The number of amides is 1. The van der Waals surface area contributed by atoms with E-state index in [1.54, 1.807) is 12.1 Å². The Labute approximate surface area is 135 Å². The standard InChI is InChI=1S/C15H23ClN4O2/c1-22-14-10-13(17)12(16)9-11(14)15(21)19-3-2-6-20-7-4-18-5-8-20/h9-10,18H,2-8,17H2,1H3,(H,19,21). The Morgan fingerprint density at radius 3 is 2.86 bits per heavy atom. The number of rotatable bonds is 6. The van der Waals surface area contributed by atoms with Crippen molar-refractivity contribution in [1.82, 2.24) is 15.5 Å². The topological polar surface area (TPSA) is 79.6 Å². The van der Waals surface area contributed by atoms with Crippen molar-refractivity contribution in [3.8, 4) is 5.75 Å². The van der Waals surface area contributed by atoms with E-state index in [0.29, 0.717) is 28.6 Å². The second-order valence-corrected chi connectivity index (χ2v) is 5.68. The highest BCUT2D eigenvalue weighted by Crippen LogP contribution is 2.28. The van der Waals surface area contributed by atoms with Crippen LogP contribution in [0.15, 0.2) is 12.1 Å². The molecule has 1 heterocycles. The summed E-state index contributed by atoms with van der Waals surface area (Å²) in [5, 5.41) is 6.57. The Bertz CT molecular complexity index is 519. The molecule has 1 aliphatic rings. The van der Waals surface area contributed by atoms with Gasteiger partial charge in [-0.25, -0.2) is 0 Å². The highest BCUT2D eigenvalue weighted by Gasteiger charge is 2.15. The third-order valence-electron chi connectivity index (χ3n) is 3.71. The van der Waals surface area contributed by atoms with Crippen LogP contribution in [0.2, 0.25) is 5.02 Å². The highest BCUT2D eigenvalue weighted by atomic mass is 35.5. The number of nitrogens with zero attached hydrogens (tertiary/aromatic N) is 1. The Hall–Kier alpha value is -1.50. The smallest absolute Gasteiger partial charge is 0.255 e. The van der Waals surface area contributed by atoms with Crippen LogP contribution in [0.4, 0.5) is 5.69 Å². The first-order chi connectivity index (χ1) is 10.6. The average Bonchev–Trinajstić information content (AvgIpc) is 2.54. The summed E-state index contributed by atoms with van der Waals surface area (Å²) in [6.45, 7) is 5.81. The molecular weight excluding hydrogens is 304 g/mol. The van der Waals surface area contributed by atoms with Crippen molar-refractivity contribution < 1.29 is 9.53 Å². The van der Waals surface area contributed by atoms with Gasteiger partial charge in [-0.1, -0.05) is 11.6 Å². The fourth-order valence-corrected chi connectivity index (χ4v) is 2.61. The predicted octanol–water partition coefficient (Wildman–Crippen LogP) is 0.956. The molecule has 122 valence electrons. The summed E-state index contributed by atoms with van der Waals surface area (Å²) < 4.78 is 5.19. The van der Waals surface area contributed by atoms with Crippen molar-refractivity contribution in [3.05, 3.63) is 22.7 Å². The van der Waals surface area contributed by atoms with Crippen LogP contribution in [-0.4, -0.2) is 57.2 Å². The van der Waals surface area contributed by atoms with Crippen molar-refractivity contribution in [2.24, 2.45) is 0 Å². The molecule has 1 fully saturated rings. The second-order valence-electron chi connectivity index (χ2n) is 5.28. The number of nitrogens with one attached hydrogen (secondary N) is 2. The van der Waals surface area contributed by atoms with Gasteiger partial charge in [0.05, 0.1) is 23.4 Å². The number of ether oxygens (including phenoxy) is 1. The Morgan fingerprint density at radius 1 is 1.45 bits per heavy atom. The zero-order chi connectivity index (χ0) is 15.9. The predicted molar refractivity (Wildman–Crippen MR) is 88.7 cm³/mol. The molecule has 0 aromatic heterocycles. The van der Waals surface area contributed by atoms with Gasteiger partial charge in [0.15, 0.2) is 0 Å². The molecule has 2 rings (SSSR count). The molecule has 22 heavy (non-hydrogen) atoms. The van der Waals surface area contributed by atoms with Gasteiger partial charge in [0.2, 0.25) is 0 Å². The van der Waals surface area contributed by atoms with Crippen molar-refractivity contribution in [2.45, 2.75) is 6.42 Å². The van der Waals surface area contributed by atoms with Crippen LogP contribution in [0.5, 0.6) is 5.75 Å². The lowest BCUT2D eigenvalue weighted by Gasteiger charge is -2.27. The molecule has 0 aliphatic carbocycles.